The number of hydrogen-bond acceptors (Lipinski definition) is 6. The maximum atomic E-state index is 13.4. The SMILES string of the molecule is CC(=O)Nc1ccc(NC(=O)COC(=O)[C@H](Cc2ccccc2)N2C(=O)[C@@H]3[C@H](C2=O)[C@H]2C=C[C@H]3C2)cc1. The summed E-state index contributed by atoms with van der Waals surface area (Å²) in [7, 11) is 0. The van der Waals surface area contributed by atoms with E-state index in [4.69, 9.17) is 4.74 Å². The molecule has 0 radical (unpaired) electrons. The highest BCUT2D eigenvalue weighted by atomic mass is 16.5. The lowest BCUT2D eigenvalue weighted by atomic mass is 9.85. The van der Waals surface area contributed by atoms with E-state index in [-0.39, 0.29) is 36.0 Å². The third-order valence-electron chi connectivity index (χ3n) is 7.19. The molecule has 5 atom stereocenters. The fourth-order valence-corrected chi connectivity index (χ4v) is 5.62. The normalized spacial score (nSPS) is 24.1. The van der Waals surface area contributed by atoms with Crippen LogP contribution in [0, 0.1) is 23.7 Å². The van der Waals surface area contributed by atoms with Crippen molar-refractivity contribution in [1.29, 1.82) is 0 Å². The fourth-order valence-electron chi connectivity index (χ4n) is 5.62. The number of amides is 4. The molecule has 2 fully saturated rings. The minimum Gasteiger partial charge on any atom is -0.454 e. The number of nitrogens with zero attached hydrogens (tertiary/aromatic N) is 1. The molecule has 2 bridgehead atoms. The van der Waals surface area contributed by atoms with E-state index < -0.39 is 36.4 Å². The highest BCUT2D eigenvalue weighted by Gasteiger charge is 2.61. The van der Waals surface area contributed by atoms with Gasteiger partial charge >= 0.3 is 5.97 Å². The Morgan fingerprint density at radius 2 is 1.46 bits per heavy atom. The topological polar surface area (TPSA) is 122 Å². The monoisotopic (exact) mass is 501 g/mol. The maximum absolute atomic E-state index is 13.4. The Kier molecular flexibility index (Phi) is 6.60. The molecular weight excluding hydrogens is 474 g/mol. The molecule has 9 nitrogen and oxygen atoms in total. The molecule has 0 spiro atoms. The van der Waals surface area contributed by atoms with Gasteiger partial charge in [0, 0.05) is 24.7 Å². The van der Waals surface area contributed by atoms with Crippen LogP contribution < -0.4 is 10.6 Å². The Balaban J connectivity index is 1.27. The fraction of sp³-hybridized carbons (Fsp3) is 0.321. The second-order valence-electron chi connectivity index (χ2n) is 9.67. The summed E-state index contributed by atoms with van der Waals surface area (Å²) in [5.74, 6) is -3.09. The number of ether oxygens (including phenoxy) is 1. The van der Waals surface area contributed by atoms with Crippen LogP contribution in [0.2, 0.25) is 0 Å². The van der Waals surface area contributed by atoms with Crippen LogP contribution in [0.3, 0.4) is 0 Å². The lowest BCUT2D eigenvalue weighted by Gasteiger charge is -2.26. The van der Waals surface area contributed by atoms with Crippen LogP contribution in [0.1, 0.15) is 18.9 Å². The molecule has 1 aliphatic heterocycles. The molecule has 1 saturated heterocycles. The van der Waals surface area contributed by atoms with E-state index in [2.05, 4.69) is 10.6 Å². The summed E-state index contributed by atoms with van der Waals surface area (Å²) in [6.45, 7) is 0.819. The van der Waals surface area contributed by atoms with Gasteiger partial charge in [0.05, 0.1) is 11.8 Å². The lowest BCUT2D eigenvalue weighted by Crippen LogP contribution is -2.48. The van der Waals surface area contributed by atoms with Crippen LogP contribution in [-0.2, 0) is 35.1 Å². The van der Waals surface area contributed by atoms with Gasteiger partial charge in [-0.3, -0.25) is 24.1 Å². The van der Waals surface area contributed by atoms with E-state index in [1.165, 1.54) is 6.92 Å². The minimum absolute atomic E-state index is 0.0210. The Morgan fingerprint density at radius 3 is 2.03 bits per heavy atom. The van der Waals surface area contributed by atoms with Crippen LogP contribution in [0.25, 0.3) is 0 Å². The molecule has 37 heavy (non-hydrogen) atoms. The summed E-state index contributed by atoms with van der Waals surface area (Å²) >= 11 is 0. The molecule has 0 unspecified atom stereocenters. The molecule has 1 heterocycles. The second-order valence-corrected chi connectivity index (χ2v) is 9.67. The van der Waals surface area contributed by atoms with Crippen LogP contribution in [0.15, 0.2) is 66.7 Å². The van der Waals surface area contributed by atoms with Gasteiger partial charge in [0.25, 0.3) is 5.91 Å². The maximum Gasteiger partial charge on any atom is 0.330 e. The smallest absolute Gasteiger partial charge is 0.330 e. The van der Waals surface area contributed by atoms with E-state index in [0.717, 1.165) is 16.9 Å². The van der Waals surface area contributed by atoms with E-state index in [0.29, 0.717) is 11.4 Å². The average molecular weight is 502 g/mol. The van der Waals surface area contributed by atoms with E-state index in [1.54, 1.807) is 24.3 Å². The van der Waals surface area contributed by atoms with Gasteiger partial charge in [0.2, 0.25) is 17.7 Å². The first-order valence-corrected chi connectivity index (χ1v) is 12.2. The van der Waals surface area contributed by atoms with E-state index in [9.17, 15) is 24.0 Å². The molecule has 190 valence electrons. The molecule has 2 N–H and O–H groups in total. The average Bonchev–Trinajstić information content (AvgIpc) is 3.56. The Bertz CT molecular complexity index is 1240. The van der Waals surface area contributed by atoms with Gasteiger partial charge < -0.3 is 15.4 Å². The summed E-state index contributed by atoms with van der Waals surface area (Å²) < 4.78 is 5.32. The van der Waals surface area contributed by atoms with Crippen molar-refractivity contribution in [3.8, 4) is 0 Å². The van der Waals surface area contributed by atoms with Gasteiger partial charge in [-0.05, 0) is 48.1 Å². The second kappa shape index (κ2) is 10.0. The molecule has 9 heteroatoms. The van der Waals surface area contributed by atoms with Crippen molar-refractivity contribution >= 4 is 41.0 Å². The predicted molar refractivity (Wildman–Crippen MR) is 134 cm³/mol. The summed E-state index contributed by atoms with van der Waals surface area (Å²) in [5.41, 5.74) is 1.80. The number of fused-ring (bicyclic) bond motifs is 5. The number of likely N-dealkylation sites (tertiary alicyclic amines) is 1. The van der Waals surface area contributed by atoms with E-state index in [1.807, 2.05) is 42.5 Å². The van der Waals surface area contributed by atoms with Gasteiger partial charge in [-0.15, -0.1) is 0 Å². The highest BCUT2D eigenvalue weighted by molar-refractivity contribution is 6.09. The van der Waals surface area contributed by atoms with Crippen molar-refractivity contribution in [3.63, 3.8) is 0 Å². The number of benzene rings is 2. The lowest BCUT2D eigenvalue weighted by molar-refractivity contribution is -0.160. The molecule has 1 saturated carbocycles. The number of carbonyl (C=O) groups excluding carboxylic acids is 5. The number of imide groups is 1. The summed E-state index contributed by atoms with van der Waals surface area (Å²) in [5, 5.41) is 5.25. The molecule has 5 rings (SSSR count). The van der Waals surface area contributed by atoms with Crippen LogP contribution >= 0.6 is 0 Å². The molecule has 2 aliphatic carbocycles. The Hall–Kier alpha value is -4.27. The summed E-state index contributed by atoms with van der Waals surface area (Å²) in [4.78, 5) is 64.6. The van der Waals surface area contributed by atoms with Gasteiger partial charge in [0.1, 0.15) is 6.04 Å². The number of nitrogens with one attached hydrogen (secondary N) is 2. The number of carbonyl (C=O) groups is 5. The van der Waals surface area contributed by atoms with Crippen LogP contribution in [0.4, 0.5) is 11.4 Å². The minimum atomic E-state index is -1.16. The first kappa shape index (κ1) is 24.4. The van der Waals surface area contributed by atoms with Gasteiger partial charge in [-0.25, -0.2) is 4.79 Å². The zero-order valence-electron chi connectivity index (χ0n) is 20.3. The molecular formula is C28H27N3O6. The molecule has 4 amide bonds. The summed E-state index contributed by atoms with van der Waals surface area (Å²) in [6, 6.07) is 14.4. The highest BCUT2D eigenvalue weighted by Crippen LogP contribution is 2.53. The van der Waals surface area contributed by atoms with Crippen molar-refractivity contribution < 1.29 is 28.7 Å². The number of anilines is 2. The van der Waals surface area contributed by atoms with Gasteiger partial charge in [0.15, 0.2) is 6.61 Å². The molecule has 2 aromatic rings. The van der Waals surface area contributed by atoms with Crippen molar-refractivity contribution in [3.05, 3.63) is 72.3 Å². The van der Waals surface area contributed by atoms with Crippen LogP contribution in [0.5, 0.6) is 0 Å². The van der Waals surface area contributed by atoms with Crippen molar-refractivity contribution in [2.45, 2.75) is 25.8 Å². The van der Waals surface area contributed by atoms with Crippen molar-refractivity contribution in [2.24, 2.45) is 23.7 Å². The quantitative estimate of drug-likeness (QED) is 0.326. The molecule has 2 aromatic carbocycles. The van der Waals surface area contributed by atoms with Crippen molar-refractivity contribution in [2.75, 3.05) is 17.2 Å². The zero-order valence-corrected chi connectivity index (χ0v) is 20.3. The largest absolute Gasteiger partial charge is 0.454 e. The molecule has 3 aliphatic rings. The Morgan fingerprint density at radius 1 is 0.892 bits per heavy atom. The third-order valence-corrected chi connectivity index (χ3v) is 7.19. The number of esters is 1. The number of allylic oxidation sites excluding steroid dienone is 2. The number of rotatable bonds is 8. The first-order chi connectivity index (χ1) is 17.8. The Labute approximate surface area is 213 Å². The zero-order chi connectivity index (χ0) is 26.1. The summed E-state index contributed by atoms with van der Waals surface area (Å²) in [6.07, 6.45) is 4.89. The van der Waals surface area contributed by atoms with Gasteiger partial charge in [-0.2, -0.15) is 0 Å². The standard InChI is InChI=1S/C28H27N3O6/c1-16(32)29-20-9-11-21(12-10-20)30-23(33)15-37-28(36)22(13-17-5-3-2-4-6-17)31-26(34)24-18-7-8-19(14-18)25(24)27(31)35/h2-12,18-19,22,24-25H,13-15H2,1H3,(H,29,32)(H,30,33)/t18-,19-,22-,24-,25+/m0/s1. The van der Waals surface area contributed by atoms with Crippen molar-refractivity contribution in [1.82, 2.24) is 4.90 Å². The van der Waals surface area contributed by atoms with E-state index >= 15 is 0 Å². The first-order valence-electron chi connectivity index (χ1n) is 12.2. The number of hydrogen-bond donors (Lipinski definition) is 2. The predicted octanol–water partition coefficient (Wildman–Crippen LogP) is 2.55. The molecule has 0 aromatic heterocycles. The third kappa shape index (κ3) is 4.89. The van der Waals surface area contributed by atoms with Crippen LogP contribution in [-0.4, -0.2) is 47.1 Å². The van der Waals surface area contributed by atoms with Gasteiger partial charge in [-0.1, -0.05) is 42.5 Å².